The molecule has 1 amide bonds. The van der Waals surface area contributed by atoms with E-state index in [0.717, 1.165) is 12.8 Å². The highest BCUT2D eigenvalue weighted by molar-refractivity contribution is 5.91. The lowest BCUT2D eigenvalue weighted by Crippen LogP contribution is -2.24. The summed E-state index contributed by atoms with van der Waals surface area (Å²) in [6, 6.07) is 3.26. The number of unbranched alkanes of at least 4 members (excludes halogenated alkanes) is 1. The van der Waals surface area contributed by atoms with Crippen molar-refractivity contribution < 1.29 is 14.4 Å². The second kappa shape index (κ2) is 6.49. The van der Waals surface area contributed by atoms with Crippen LogP contribution >= 0.6 is 0 Å². The maximum absolute atomic E-state index is 11.4. The molecular formula is C10H15N3O3. The highest BCUT2D eigenvalue weighted by Gasteiger charge is 2.06. The molecule has 1 heterocycles. The minimum atomic E-state index is -0.228. The van der Waals surface area contributed by atoms with Crippen LogP contribution in [-0.2, 0) is 0 Å². The third kappa shape index (κ3) is 4.04. The van der Waals surface area contributed by atoms with Crippen LogP contribution in [0.4, 0.5) is 0 Å². The lowest BCUT2D eigenvalue weighted by molar-refractivity contribution is 0.0925. The smallest absolute Gasteiger partial charge is 0.286 e. The first kappa shape index (κ1) is 12.1. The number of carbonyl (C=O) groups excluding carboxylic acids is 1. The molecule has 0 spiro atoms. The van der Waals surface area contributed by atoms with E-state index in [4.69, 9.17) is 15.4 Å². The Bertz CT molecular complexity index is 346. The van der Waals surface area contributed by atoms with Gasteiger partial charge in [-0.25, -0.2) is 0 Å². The molecule has 0 saturated carbocycles. The number of carbonyl (C=O) groups is 1. The molecule has 0 aliphatic carbocycles. The maximum Gasteiger partial charge on any atom is 0.286 e. The van der Waals surface area contributed by atoms with Gasteiger partial charge in [0.1, 0.15) is 5.84 Å². The number of oxime groups is 1. The van der Waals surface area contributed by atoms with Gasteiger partial charge in [0.15, 0.2) is 5.76 Å². The van der Waals surface area contributed by atoms with Gasteiger partial charge in [-0.05, 0) is 25.0 Å². The molecule has 6 heteroatoms. The third-order valence-corrected chi connectivity index (χ3v) is 2.02. The first-order valence-electron chi connectivity index (χ1n) is 5.02. The minimum Gasteiger partial charge on any atom is -0.459 e. The molecule has 1 aromatic heterocycles. The van der Waals surface area contributed by atoms with Crippen molar-refractivity contribution in [2.75, 3.05) is 6.54 Å². The summed E-state index contributed by atoms with van der Waals surface area (Å²) < 4.78 is 4.92. The molecule has 6 nitrogen and oxygen atoms in total. The summed E-state index contributed by atoms with van der Waals surface area (Å²) in [5.74, 6) is 0.280. The molecular weight excluding hydrogens is 210 g/mol. The van der Waals surface area contributed by atoms with Gasteiger partial charge in [-0.1, -0.05) is 5.16 Å². The zero-order chi connectivity index (χ0) is 11.8. The minimum absolute atomic E-state index is 0.206. The number of rotatable bonds is 6. The first-order chi connectivity index (χ1) is 7.74. The average Bonchev–Trinajstić information content (AvgIpc) is 2.81. The summed E-state index contributed by atoms with van der Waals surface area (Å²) in [5, 5.41) is 13.8. The van der Waals surface area contributed by atoms with Gasteiger partial charge in [0.2, 0.25) is 0 Å². The first-order valence-corrected chi connectivity index (χ1v) is 5.02. The number of nitrogens with one attached hydrogen (secondary N) is 1. The Labute approximate surface area is 93.1 Å². The van der Waals surface area contributed by atoms with E-state index in [-0.39, 0.29) is 11.7 Å². The molecule has 0 aliphatic rings. The molecule has 16 heavy (non-hydrogen) atoms. The molecule has 4 N–H and O–H groups in total. The van der Waals surface area contributed by atoms with Crippen molar-refractivity contribution in [1.29, 1.82) is 0 Å². The number of hydrogen-bond acceptors (Lipinski definition) is 4. The maximum atomic E-state index is 11.4. The van der Waals surface area contributed by atoms with E-state index in [1.807, 2.05) is 0 Å². The lowest BCUT2D eigenvalue weighted by Gasteiger charge is -2.02. The highest BCUT2D eigenvalue weighted by atomic mass is 16.4. The predicted molar refractivity (Wildman–Crippen MR) is 58.3 cm³/mol. The van der Waals surface area contributed by atoms with Crippen molar-refractivity contribution in [3.63, 3.8) is 0 Å². The van der Waals surface area contributed by atoms with Crippen molar-refractivity contribution in [2.45, 2.75) is 19.3 Å². The summed E-state index contributed by atoms with van der Waals surface area (Å²) in [7, 11) is 0. The predicted octanol–water partition coefficient (Wildman–Crippen LogP) is 0.926. The van der Waals surface area contributed by atoms with Gasteiger partial charge >= 0.3 is 0 Å². The Morgan fingerprint density at radius 2 is 2.38 bits per heavy atom. The number of hydrogen-bond donors (Lipinski definition) is 3. The van der Waals surface area contributed by atoms with E-state index < -0.39 is 0 Å². The molecule has 0 bridgehead atoms. The van der Waals surface area contributed by atoms with Crippen molar-refractivity contribution in [3.8, 4) is 0 Å². The Kier molecular flexibility index (Phi) is 4.91. The molecule has 0 aromatic carbocycles. The molecule has 88 valence electrons. The molecule has 0 unspecified atom stereocenters. The van der Waals surface area contributed by atoms with Crippen LogP contribution in [0, 0.1) is 0 Å². The van der Waals surface area contributed by atoms with E-state index in [2.05, 4.69) is 10.5 Å². The second-order valence-corrected chi connectivity index (χ2v) is 3.28. The van der Waals surface area contributed by atoms with Crippen molar-refractivity contribution >= 4 is 11.7 Å². The van der Waals surface area contributed by atoms with Crippen LogP contribution in [0.2, 0.25) is 0 Å². The Morgan fingerprint density at radius 1 is 1.56 bits per heavy atom. The van der Waals surface area contributed by atoms with Gasteiger partial charge in [0, 0.05) is 13.0 Å². The van der Waals surface area contributed by atoms with Crippen LogP contribution in [0.15, 0.2) is 28.0 Å². The summed E-state index contributed by atoms with van der Waals surface area (Å²) in [6.07, 6.45) is 3.50. The van der Waals surface area contributed by atoms with Crippen LogP contribution in [-0.4, -0.2) is 23.5 Å². The Morgan fingerprint density at radius 3 is 3.00 bits per heavy atom. The van der Waals surface area contributed by atoms with E-state index in [9.17, 15) is 4.79 Å². The van der Waals surface area contributed by atoms with E-state index >= 15 is 0 Å². The number of amidine groups is 1. The average molecular weight is 225 g/mol. The van der Waals surface area contributed by atoms with Crippen molar-refractivity contribution in [1.82, 2.24) is 5.32 Å². The fourth-order valence-electron chi connectivity index (χ4n) is 1.18. The Balaban J connectivity index is 2.10. The molecule has 0 radical (unpaired) electrons. The van der Waals surface area contributed by atoms with Gasteiger partial charge in [-0.3, -0.25) is 4.79 Å². The zero-order valence-corrected chi connectivity index (χ0v) is 8.85. The topological polar surface area (TPSA) is 101 Å². The van der Waals surface area contributed by atoms with Crippen LogP contribution in [0.1, 0.15) is 29.8 Å². The van der Waals surface area contributed by atoms with Crippen LogP contribution in [0.3, 0.4) is 0 Å². The summed E-state index contributed by atoms with van der Waals surface area (Å²) in [6.45, 7) is 0.540. The van der Waals surface area contributed by atoms with E-state index in [0.29, 0.717) is 18.7 Å². The van der Waals surface area contributed by atoms with E-state index in [1.54, 1.807) is 12.1 Å². The standard InChI is InChI=1S/C10H15N3O3/c11-9(13-15)5-1-2-6-12-10(14)8-4-3-7-16-8/h3-4,7,15H,1-2,5-6H2,(H2,11,13)(H,12,14). The summed E-state index contributed by atoms with van der Waals surface area (Å²) in [4.78, 5) is 11.4. The fourth-order valence-corrected chi connectivity index (χ4v) is 1.18. The largest absolute Gasteiger partial charge is 0.459 e. The van der Waals surface area contributed by atoms with Gasteiger partial charge in [0.25, 0.3) is 5.91 Å². The fraction of sp³-hybridized carbons (Fsp3) is 0.400. The van der Waals surface area contributed by atoms with Crippen molar-refractivity contribution in [3.05, 3.63) is 24.2 Å². The number of nitrogens with zero attached hydrogens (tertiary/aromatic N) is 1. The SMILES string of the molecule is NC(CCCCNC(=O)c1ccco1)=NO. The summed E-state index contributed by atoms with van der Waals surface area (Å²) >= 11 is 0. The number of amides is 1. The quantitative estimate of drug-likeness (QED) is 0.220. The van der Waals surface area contributed by atoms with Gasteiger partial charge in [-0.2, -0.15) is 0 Å². The molecule has 0 fully saturated rings. The van der Waals surface area contributed by atoms with Crippen molar-refractivity contribution in [2.24, 2.45) is 10.9 Å². The van der Waals surface area contributed by atoms with E-state index in [1.165, 1.54) is 6.26 Å². The van der Waals surface area contributed by atoms with Gasteiger partial charge in [-0.15, -0.1) is 0 Å². The summed E-state index contributed by atoms with van der Waals surface area (Å²) in [5.41, 5.74) is 5.29. The zero-order valence-electron chi connectivity index (χ0n) is 8.85. The number of nitrogens with two attached hydrogens (primary N) is 1. The van der Waals surface area contributed by atoms with Crippen LogP contribution < -0.4 is 11.1 Å². The number of furan rings is 1. The Hall–Kier alpha value is -1.98. The highest BCUT2D eigenvalue weighted by Crippen LogP contribution is 1.99. The lowest BCUT2D eigenvalue weighted by atomic mass is 10.2. The normalized spacial score (nSPS) is 11.4. The van der Waals surface area contributed by atoms with Crippen LogP contribution in [0.5, 0.6) is 0 Å². The van der Waals surface area contributed by atoms with Gasteiger partial charge in [0.05, 0.1) is 6.26 Å². The second-order valence-electron chi connectivity index (χ2n) is 3.28. The van der Waals surface area contributed by atoms with Gasteiger partial charge < -0.3 is 20.7 Å². The van der Waals surface area contributed by atoms with Crippen LogP contribution in [0.25, 0.3) is 0 Å². The molecule has 0 atom stereocenters. The molecule has 0 saturated heterocycles. The molecule has 1 aromatic rings. The third-order valence-electron chi connectivity index (χ3n) is 2.02. The molecule has 1 rings (SSSR count). The monoisotopic (exact) mass is 225 g/mol. The molecule has 0 aliphatic heterocycles.